The Morgan fingerprint density at radius 3 is 2.61 bits per heavy atom. The van der Waals surface area contributed by atoms with E-state index in [-0.39, 0.29) is 5.91 Å². The summed E-state index contributed by atoms with van der Waals surface area (Å²) in [6.45, 7) is 5.82. The van der Waals surface area contributed by atoms with E-state index in [1.54, 1.807) is 12.1 Å². The topological polar surface area (TPSA) is 94.0 Å². The van der Waals surface area contributed by atoms with Crippen LogP contribution in [0.25, 0.3) is 10.2 Å². The van der Waals surface area contributed by atoms with E-state index in [0.29, 0.717) is 21.9 Å². The first-order chi connectivity index (χ1) is 10.9. The van der Waals surface area contributed by atoms with E-state index >= 15 is 0 Å². The molecule has 0 radical (unpaired) electrons. The van der Waals surface area contributed by atoms with E-state index in [1.165, 1.54) is 11.3 Å². The van der Waals surface area contributed by atoms with Gasteiger partial charge < -0.3 is 16.8 Å². The molecule has 0 atom stereocenters. The number of aryl methyl sites for hydroxylation is 3. The van der Waals surface area contributed by atoms with Crippen molar-refractivity contribution < 1.29 is 4.79 Å². The predicted molar refractivity (Wildman–Crippen MR) is 97.1 cm³/mol. The van der Waals surface area contributed by atoms with Crippen LogP contribution in [0.15, 0.2) is 24.3 Å². The molecule has 0 saturated heterocycles. The maximum atomic E-state index is 12.6. The number of hydrogen-bond donors (Lipinski definition) is 3. The van der Waals surface area contributed by atoms with Gasteiger partial charge >= 0.3 is 0 Å². The van der Waals surface area contributed by atoms with E-state index < -0.39 is 0 Å². The summed E-state index contributed by atoms with van der Waals surface area (Å²) < 4.78 is 0. The fourth-order valence-electron chi connectivity index (χ4n) is 2.59. The summed E-state index contributed by atoms with van der Waals surface area (Å²) in [6, 6.07) is 7.38. The van der Waals surface area contributed by atoms with Crippen molar-refractivity contribution in [3.63, 3.8) is 0 Å². The molecule has 2 aromatic heterocycles. The monoisotopic (exact) mass is 326 g/mol. The average Bonchev–Trinajstić information content (AvgIpc) is 2.80. The van der Waals surface area contributed by atoms with Gasteiger partial charge in [0.25, 0.3) is 5.91 Å². The summed E-state index contributed by atoms with van der Waals surface area (Å²) >= 11 is 1.31. The second-order valence-corrected chi connectivity index (χ2v) is 6.63. The molecule has 6 heteroatoms. The average molecular weight is 326 g/mol. The van der Waals surface area contributed by atoms with Crippen molar-refractivity contribution in [1.82, 2.24) is 4.98 Å². The number of hydrogen-bond acceptors (Lipinski definition) is 5. The van der Waals surface area contributed by atoms with Gasteiger partial charge in [0.1, 0.15) is 9.71 Å². The summed E-state index contributed by atoms with van der Waals surface area (Å²) in [4.78, 5) is 18.4. The molecule has 118 valence electrons. The zero-order valence-corrected chi connectivity index (χ0v) is 14.0. The first kappa shape index (κ1) is 15.3. The van der Waals surface area contributed by atoms with Gasteiger partial charge in [-0.2, -0.15) is 0 Å². The number of aromatic nitrogens is 1. The molecule has 0 spiro atoms. The fourth-order valence-corrected chi connectivity index (χ4v) is 3.70. The van der Waals surface area contributed by atoms with Gasteiger partial charge in [-0.15, -0.1) is 11.3 Å². The Labute approximate surface area is 138 Å². The SMILES string of the molecule is Cc1cc(C)c2c(N)c(C(=O)Nc3cc(N)ccc3C)sc2n1. The van der Waals surface area contributed by atoms with Crippen molar-refractivity contribution in [2.75, 3.05) is 16.8 Å². The van der Waals surface area contributed by atoms with Gasteiger partial charge in [-0.1, -0.05) is 6.07 Å². The zero-order valence-electron chi connectivity index (χ0n) is 13.2. The van der Waals surface area contributed by atoms with Gasteiger partial charge in [0.2, 0.25) is 0 Å². The number of carbonyl (C=O) groups excluding carboxylic acids is 1. The van der Waals surface area contributed by atoms with Gasteiger partial charge in [-0.05, 0) is 50.1 Å². The van der Waals surface area contributed by atoms with Crippen LogP contribution in [-0.2, 0) is 0 Å². The highest BCUT2D eigenvalue weighted by Crippen LogP contribution is 2.35. The van der Waals surface area contributed by atoms with Crippen LogP contribution in [0.5, 0.6) is 0 Å². The molecule has 1 aromatic carbocycles. The lowest BCUT2D eigenvalue weighted by atomic mass is 10.1. The number of nitrogens with two attached hydrogens (primary N) is 2. The largest absolute Gasteiger partial charge is 0.399 e. The molecular weight excluding hydrogens is 308 g/mol. The number of rotatable bonds is 2. The molecule has 3 aromatic rings. The Morgan fingerprint density at radius 2 is 1.87 bits per heavy atom. The number of amides is 1. The molecule has 2 heterocycles. The molecule has 5 nitrogen and oxygen atoms in total. The summed E-state index contributed by atoms with van der Waals surface area (Å²) in [6.07, 6.45) is 0. The summed E-state index contributed by atoms with van der Waals surface area (Å²) in [5.41, 5.74) is 16.6. The third kappa shape index (κ3) is 2.73. The van der Waals surface area contributed by atoms with Gasteiger partial charge in [0, 0.05) is 22.5 Å². The van der Waals surface area contributed by atoms with Crippen LogP contribution in [0.2, 0.25) is 0 Å². The number of nitrogens with zero attached hydrogens (tertiary/aromatic N) is 1. The van der Waals surface area contributed by atoms with Gasteiger partial charge in [-0.25, -0.2) is 4.98 Å². The number of nitrogens with one attached hydrogen (secondary N) is 1. The predicted octanol–water partition coefficient (Wildman–Crippen LogP) is 3.64. The highest BCUT2D eigenvalue weighted by Gasteiger charge is 2.19. The summed E-state index contributed by atoms with van der Waals surface area (Å²) in [7, 11) is 0. The molecule has 0 aliphatic carbocycles. The van der Waals surface area contributed by atoms with E-state index in [0.717, 1.165) is 27.0 Å². The molecular formula is C17H18N4OS. The van der Waals surface area contributed by atoms with Crippen molar-refractivity contribution in [2.24, 2.45) is 0 Å². The number of fused-ring (bicyclic) bond motifs is 1. The van der Waals surface area contributed by atoms with Crippen LogP contribution in [0.4, 0.5) is 17.1 Å². The number of nitrogen functional groups attached to an aromatic ring is 2. The molecule has 0 aliphatic heterocycles. The number of benzene rings is 1. The highest BCUT2D eigenvalue weighted by molar-refractivity contribution is 7.21. The lowest BCUT2D eigenvalue weighted by Gasteiger charge is -2.08. The second kappa shape index (κ2) is 5.55. The van der Waals surface area contributed by atoms with E-state index in [4.69, 9.17) is 11.5 Å². The molecule has 23 heavy (non-hydrogen) atoms. The third-order valence-electron chi connectivity index (χ3n) is 3.74. The fraction of sp³-hybridized carbons (Fsp3) is 0.176. The van der Waals surface area contributed by atoms with Crippen molar-refractivity contribution in [3.8, 4) is 0 Å². The van der Waals surface area contributed by atoms with E-state index in [1.807, 2.05) is 32.9 Å². The van der Waals surface area contributed by atoms with Crippen LogP contribution >= 0.6 is 11.3 Å². The van der Waals surface area contributed by atoms with Crippen LogP contribution in [0.1, 0.15) is 26.5 Å². The normalized spacial score (nSPS) is 10.9. The molecule has 0 bridgehead atoms. The Morgan fingerprint density at radius 1 is 1.13 bits per heavy atom. The third-order valence-corrected chi connectivity index (χ3v) is 4.84. The first-order valence-corrected chi connectivity index (χ1v) is 8.02. The molecule has 1 amide bonds. The van der Waals surface area contributed by atoms with Crippen molar-refractivity contribution in [2.45, 2.75) is 20.8 Å². The zero-order chi connectivity index (χ0) is 16.7. The lowest BCUT2D eigenvalue weighted by molar-refractivity contribution is 0.103. The number of anilines is 3. The minimum Gasteiger partial charge on any atom is -0.399 e. The lowest BCUT2D eigenvalue weighted by Crippen LogP contribution is -2.13. The molecule has 3 rings (SSSR count). The minimum atomic E-state index is -0.240. The standard InChI is InChI=1S/C17H18N4OS/c1-8-4-5-11(18)7-12(8)21-16(22)15-14(19)13-9(2)6-10(3)20-17(13)23-15/h4-7H,18-19H2,1-3H3,(H,21,22). The molecule has 0 fully saturated rings. The number of pyridine rings is 1. The summed E-state index contributed by atoms with van der Waals surface area (Å²) in [5.74, 6) is -0.240. The van der Waals surface area contributed by atoms with Crippen LogP contribution in [0, 0.1) is 20.8 Å². The number of thiophene rings is 1. The van der Waals surface area contributed by atoms with Crippen LogP contribution < -0.4 is 16.8 Å². The Kier molecular flexibility index (Phi) is 3.69. The van der Waals surface area contributed by atoms with Crippen molar-refractivity contribution in [1.29, 1.82) is 0 Å². The van der Waals surface area contributed by atoms with E-state index in [2.05, 4.69) is 10.3 Å². The van der Waals surface area contributed by atoms with Crippen LogP contribution in [-0.4, -0.2) is 10.9 Å². The quantitative estimate of drug-likeness (QED) is 0.627. The number of carbonyl (C=O) groups is 1. The molecule has 0 saturated carbocycles. The Hall–Kier alpha value is -2.60. The highest BCUT2D eigenvalue weighted by atomic mass is 32.1. The maximum absolute atomic E-state index is 12.6. The van der Waals surface area contributed by atoms with Gasteiger partial charge in [0.05, 0.1) is 5.69 Å². The van der Waals surface area contributed by atoms with Crippen molar-refractivity contribution >= 4 is 44.5 Å². The first-order valence-electron chi connectivity index (χ1n) is 7.20. The van der Waals surface area contributed by atoms with Gasteiger partial charge in [-0.3, -0.25) is 4.79 Å². The minimum absolute atomic E-state index is 0.240. The van der Waals surface area contributed by atoms with Crippen LogP contribution in [0.3, 0.4) is 0 Å². The van der Waals surface area contributed by atoms with Gasteiger partial charge in [0.15, 0.2) is 0 Å². The maximum Gasteiger partial charge on any atom is 0.267 e. The van der Waals surface area contributed by atoms with E-state index in [9.17, 15) is 4.79 Å². The molecule has 0 aliphatic rings. The second-order valence-electron chi connectivity index (χ2n) is 5.63. The Balaban J connectivity index is 2.03. The summed E-state index contributed by atoms with van der Waals surface area (Å²) in [5, 5.41) is 3.74. The van der Waals surface area contributed by atoms with Crippen molar-refractivity contribution in [3.05, 3.63) is 46.0 Å². The molecule has 5 N–H and O–H groups in total. The smallest absolute Gasteiger partial charge is 0.267 e. The molecule has 0 unspecified atom stereocenters. The Bertz CT molecular complexity index is 930.